The third kappa shape index (κ3) is 4.71. The van der Waals surface area contributed by atoms with Crippen molar-refractivity contribution in [3.8, 4) is 0 Å². The predicted octanol–water partition coefficient (Wildman–Crippen LogP) is 3.62. The Labute approximate surface area is 131 Å². The van der Waals surface area contributed by atoms with Gasteiger partial charge < -0.3 is 9.84 Å². The van der Waals surface area contributed by atoms with Crippen LogP contribution in [-0.2, 0) is 16.2 Å². The first-order chi connectivity index (χ1) is 10.5. The smallest absolute Gasteiger partial charge is 0.434 e. The number of aliphatic hydroxyl groups is 1. The summed E-state index contributed by atoms with van der Waals surface area (Å²) in [6, 6.07) is 9.36. The van der Waals surface area contributed by atoms with Crippen LogP contribution in [0, 0.1) is 0 Å². The SMILES string of the molecule is CCCCC[C@@H]1C[C@@](C)(O)ON1C(=O)OCc1ccccc1. The molecule has 0 aromatic heterocycles. The first-order valence-corrected chi connectivity index (χ1v) is 7.93. The van der Waals surface area contributed by atoms with Gasteiger partial charge in [0.25, 0.3) is 0 Å². The minimum Gasteiger partial charge on any atom is -0.443 e. The summed E-state index contributed by atoms with van der Waals surface area (Å²) in [5.41, 5.74) is 0.921. The first-order valence-electron chi connectivity index (χ1n) is 7.93. The van der Waals surface area contributed by atoms with Crippen LogP contribution >= 0.6 is 0 Å². The third-order valence-electron chi connectivity index (χ3n) is 3.77. The summed E-state index contributed by atoms with van der Waals surface area (Å²) in [5.74, 6) is -1.30. The highest BCUT2D eigenvalue weighted by atomic mass is 16.8. The maximum atomic E-state index is 12.2. The molecule has 0 spiro atoms. The lowest BCUT2D eigenvalue weighted by Gasteiger charge is -2.22. The summed E-state index contributed by atoms with van der Waals surface area (Å²) in [4.78, 5) is 17.6. The van der Waals surface area contributed by atoms with Crippen molar-refractivity contribution in [3.63, 3.8) is 0 Å². The quantitative estimate of drug-likeness (QED) is 0.816. The fourth-order valence-electron chi connectivity index (χ4n) is 2.66. The summed E-state index contributed by atoms with van der Waals surface area (Å²) in [5, 5.41) is 11.3. The second-order valence-electron chi connectivity index (χ2n) is 5.99. The molecule has 1 aliphatic heterocycles. The normalized spacial score (nSPS) is 24.5. The summed E-state index contributed by atoms with van der Waals surface area (Å²) >= 11 is 0. The molecule has 1 N–H and O–H groups in total. The molecule has 1 amide bonds. The number of carbonyl (C=O) groups is 1. The molecule has 1 fully saturated rings. The van der Waals surface area contributed by atoms with Gasteiger partial charge in [-0.1, -0.05) is 56.5 Å². The van der Waals surface area contributed by atoms with Crippen molar-refractivity contribution in [2.45, 2.75) is 64.4 Å². The van der Waals surface area contributed by atoms with Crippen molar-refractivity contribution in [3.05, 3.63) is 35.9 Å². The average molecular weight is 307 g/mol. The van der Waals surface area contributed by atoms with Crippen LogP contribution in [-0.4, -0.2) is 28.1 Å². The van der Waals surface area contributed by atoms with E-state index in [9.17, 15) is 9.90 Å². The molecule has 0 aliphatic carbocycles. The first kappa shape index (κ1) is 16.8. The summed E-state index contributed by atoms with van der Waals surface area (Å²) in [6.07, 6.45) is 3.90. The Balaban J connectivity index is 1.90. The van der Waals surface area contributed by atoms with Gasteiger partial charge in [-0.25, -0.2) is 9.63 Å². The van der Waals surface area contributed by atoms with Crippen LogP contribution in [0.5, 0.6) is 0 Å². The molecule has 1 heterocycles. The number of unbranched alkanes of at least 4 members (excludes halogenated alkanes) is 2. The van der Waals surface area contributed by atoms with Gasteiger partial charge in [0.05, 0.1) is 6.04 Å². The average Bonchev–Trinajstić information content (AvgIpc) is 2.81. The number of nitrogens with zero attached hydrogens (tertiary/aromatic N) is 1. The summed E-state index contributed by atoms with van der Waals surface area (Å²) in [6.45, 7) is 3.90. The number of ether oxygens (including phenoxy) is 1. The standard InChI is InChI=1S/C17H25NO4/c1-3-4-6-11-15-12-17(2,20)22-18(15)16(19)21-13-14-9-7-5-8-10-14/h5,7-10,15,20H,3-4,6,11-13H2,1-2H3/t15-,17+/m1/s1. The number of hydrogen-bond donors (Lipinski definition) is 1. The van der Waals surface area contributed by atoms with E-state index in [1.165, 1.54) is 5.06 Å². The monoisotopic (exact) mass is 307 g/mol. The minimum atomic E-state index is -1.30. The third-order valence-corrected chi connectivity index (χ3v) is 3.77. The number of amides is 1. The topological polar surface area (TPSA) is 59.0 Å². The lowest BCUT2D eigenvalue weighted by molar-refractivity contribution is -0.261. The van der Waals surface area contributed by atoms with E-state index >= 15 is 0 Å². The van der Waals surface area contributed by atoms with E-state index < -0.39 is 11.9 Å². The molecular weight excluding hydrogens is 282 g/mol. The van der Waals surface area contributed by atoms with Gasteiger partial charge in [0.2, 0.25) is 0 Å². The van der Waals surface area contributed by atoms with Crippen LogP contribution < -0.4 is 0 Å². The van der Waals surface area contributed by atoms with Gasteiger partial charge in [-0.2, -0.15) is 5.06 Å². The van der Waals surface area contributed by atoms with E-state index in [0.717, 1.165) is 31.2 Å². The van der Waals surface area contributed by atoms with E-state index in [1.54, 1.807) is 6.92 Å². The molecule has 0 saturated carbocycles. The fourth-order valence-corrected chi connectivity index (χ4v) is 2.66. The molecule has 0 bridgehead atoms. The second-order valence-corrected chi connectivity index (χ2v) is 5.99. The Kier molecular flexibility index (Phi) is 5.80. The molecule has 0 unspecified atom stereocenters. The van der Waals surface area contributed by atoms with Crippen molar-refractivity contribution < 1.29 is 19.5 Å². The van der Waals surface area contributed by atoms with E-state index in [1.807, 2.05) is 30.3 Å². The highest BCUT2D eigenvalue weighted by Gasteiger charge is 2.44. The minimum absolute atomic E-state index is 0.134. The highest BCUT2D eigenvalue weighted by Crippen LogP contribution is 2.32. The molecule has 122 valence electrons. The lowest BCUT2D eigenvalue weighted by Crippen LogP contribution is -2.36. The van der Waals surface area contributed by atoms with Crippen LogP contribution in [0.4, 0.5) is 4.79 Å². The summed E-state index contributed by atoms with van der Waals surface area (Å²) in [7, 11) is 0. The van der Waals surface area contributed by atoms with Crippen LogP contribution in [0.25, 0.3) is 0 Å². The van der Waals surface area contributed by atoms with Crippen molar-refractivity contribution >= 4 is 6.09 Å². The second kappa shape index (κ2) is 7.61. The zero-order valence-electron chi connectivity index (χ0n) is 13.3. The van der Waals surface area contributed by atoms with Gasteiger partial charge in [0.1, 0.15) is 6.61 Å². The van der Waals surface area contributed by atoms with Gasteiger partial charge in [-0.05, 0) is 18.9 Å². The molecule has 22 heavy (non-hydrogen) atoms. The van der Waals surface area contributed by atoms with Crippen LogP contribution in [0.1, 0.15) is 51.5 Å². The molecule has 1 aliphatic rings. The number of hydrogen-bond acceptors (Lipinski definition) is 4. The van der Waals surface area contributed by atoms with Crippen molar-refractivity contribution in [2.75, 3.05) is 0 Å². The highest BCUT2D eigenvalue weighted by molar-refractivity contribution is 5.67. The Hall–Kier alpha value is -1.59. The van der Waals surface area contributed by atoms with E-state index in [4.69, 9.17) is 9.57 Å². The maximum absolute atomic E-state index is 12.2. The molecule has 2 rings (SSSR count). The van der Waals surface area contributed by atoms with E-state index in [2.05, 4.69) is 6.92 Å². The molecule has 1 aromatic rings. The van der Waals surface area contributed by atoms with E-state index in [0.29, 0.717) is 6.42 Å². The van der Waals surface area contributed by atoms with Gasteiger partial charge in [-0.15, -0.1) is 0 Å². The van der Waals surface area contributed by atoms with Gasteiger partial charge in [-0.3, -0.25) is 0 Å². The molecule has 1 saturated heterocycles. The van der Waals surface area contributed by atoms with Crippen molar-refractivity contribution in [1.29, 1.82) is 0 Å². The number of hydroxylamine groups is 2. The van der Waals surface area contributed by atoms with E-state index in [-0.39, 0.29) is 12.6 Å². The van der Waals surface area contributed by atoms with Crippen molar-refractivity contribution in [1.82, 2.24) is 5.06 Å². The molecular formula is C17H25NO4. The molecule has 0 radical (unpaired) electrons. The molecule has 5 nitrogen and oxygen atoms in total. The van der Waals surface area contributed by atoms with Gasteiger partial charge in [0.15, 0.2) is 5.79 Å². The van der Waals surface area contributed by atoms with Gasteiger partial charge in [0, 0.05) is 6.42 Å². The predicted molar refractivity (Wildman–Crippen MR) is 82.7 cm³/mol. The number of rotatable bonds is 6. The number of benzene rings is 1. The Morgan fingerprint density at radius 2 is 2.14 bits per heavy atom. The molecule has 2 atom stereocenters. The van der Waals surface area contributed by atoms with Crippen molar-refractivity contribution in [2.24, 2.45) is 0 Å². The fraction of sp³-hybridized carbons (Fsp3) is 0.588. The van der Waals surface area contributed by atoms with Crippen LogP contribution in [0.2, 0.25) is 0 Å². The molecule has 1 aromatic carbocycles. The maximum Gasteiger partial charge on any atom is 0.434 e. The van der Waals surface area contributed by atoms with Gasteiger partial charge >= 0.3 is 6.09 Å². The lowest BCUT2D eigenvalue weighted by atomic mass is 10.0. The van der Waals surface area contributed by atoms with Crippen LogP contribution in [0.15, 0.2) is 30.3 Å². The van der Waals surface area contributed by atoms with Crippen LogP contribution in [0.3, 0.4) is 0 Å². The molecule has 5 heteroatoms. The Bertz CT molecular complexity index is 475. The zero-order chi connectivity index (χ0) is 16.0. The number of carbonyl (C=O) groups excluding carboxylic acids is 1. The Morgan fingerprint density at radius 1 is 1.41 bits per heavy atom. The Morgan fingerprint density at radius 3 is 2.82 bits per heavy atom. The largest absolute Gasteiger partial charge is 0.443 e. The zero-order valence-corrected chi connectivity index (χ0v) is 13.3. The summed E-state index contributed by atoms with van der Waals surface area (Å²) < 4.78 is 5.29.